The van der Waals surface area contributed by atoms with Gasteiger partial charge in [0.05, 0.1) is 0 Å². The summed E-state index contributed by atoms with van der Waals surface area (Å²) in [5.74, 6) is 0.320. The molecule has 0 N–H and O–H groups in total. The van der Waals surface area contributed by atoms with Gasteiger partial charge < -0.3 is 0 Å². The van der Waals surface area contributed by atoms with Crippen LogP contribution in [-0.2, 0) is 11.2 Å². The standard InChI is InChI=1S/C14H18O/c1-3-4-5-6-14(15)11-13-9-7-12(2)8-10-13/h3,7-10H,1,4-6,11H2,2H3. The third-order valence-corrected chi connectivity index (χ3v) is 2.39. The molecule has 0 saturated carbocycles. The van der Waals surface area contributed by atoms with Gasteiger partial charge in [-0.1, -0.05) is 35.9 Å². The highest BCUT2D eigenvalue weighted by Crippen LogP contribution is 2.07. The van der Waals surface area contributed by atoms with Crippen molar-refractivity contribution in [2.45, 2.75) is 32.6 Å². The van der Waals surface area contributed by atoms with Gasteiger partial charge in [0.25, 0.3) is 0 Å². The molecule has 0 aromatic heterocycles. The van der Waals surface area contributed by atoms with Crippen molar-refractivity contribution < 1.29 is 4.79 Å². The molecule has 0 aliphatic rings. The van der Waals surface area contributed by atoms with Crippen LogP contribution < -0.4 is 0 Å². The zero-order valence-electron chi connectivity index (χ0n) is 9.33. The summed E-state index contributed by atoms with van der Waals surface area (Å²) in [4.78, 5) is 11.5. The van der Waals surface area contributed by atoms with E-state index in [0.717, 1.165) is 18.4 Å². The zero-order valence-corrected chi connectivity index (χ0v) is 9.33. The van der Waals surface area contributed by atoms with Gasteiger partial charge in [0, 0.05) is 12.8 Å². The maximum Gasteiger partial charge on any atom is 0.137 e. The fraction of sp³-hybridized carbons (Fsp3) is 0.357. The number of aryl methyl sites for hydroxylation is 1. The van der Waals surface area contributed by atoms with Crippen LogP contribution in [0.2, 0.25) is 0 Å². The van der Waals surface area contributed by atoms with Gasteiger partial charge in [0.2, 0.25) is 0 Å². The molecule has 0 heterocycles. The lowest BCUT2D eigenvalue weighted by Gasteiger charge is -2.01. The first-order valence-corrected chi connectivity index (χ1v) is 5.40. The Morgan fingerprint density at radius 2 is 2.00 bits per heavy atom. The second-order valence-electron chi connectivity index (χ2n) is 3.88. The Labute approximate surface area is 91.8 Å². The van der Waals surface area contributed by atoms with Gasteiger partial charge in [0.15, 0.2) is 0 Å². The minimum Gasteiger partial charge on any atom is -0.299 e. The molecule has 1 rings (SSSR count). The Morgan fingerprint density at radius 1 is 1.33 bits per heavy atom. The van der Waals surface area contributed by atoms with Crippen LogP contribution in [0.4, 0.5) is 0 Å². The number of allylic oxidation sites excluding steroid dienone is 1. The van der Waals surface area contributed by atoms with E-state index in [2.05, 4.69) is 13.5 Å². The zero-order chi connectivity index (χ0) is 11.1. The number of hydrogen-bond acceptors (Lipinski definition) is 1. The summed E-state index contributed by atoms with van der Waals surface area (Å²) >= 11 is 0. The summed E-state index contributed by atoms with van der Waals surface area (Å²) in [6.07, 6.45) is 4.95. The Morgan fingerprint density at radius 3 is 2.60 bits per heavy atom. The largest absolute Gasteiger partial charge is 0.299 e. The summed E-state index contributed by atoms with van der Waals surface area (Å²) in [7, 11) is 0. The van der Waals surface area contributed by atoms with Crippen LogP contribution in [0.15, 0.2) is 36.9 Å². The maximum absolute atomic E-state index is 11.5. The molecule has 15 heavy (non-hydrogen) atoms. The van der Waals surface area contributed by atoms with Crippen LogP contribution in [0, 0.1) is 6.92 Å². The van der Waals surface area contributed by atoms with Crippen LogP contribution >= 0.6 is 0 Å². The molecule has 0 aliphatic carbocycles. The van der Waals surface area contributed by atoms with Crippen LogP contribution in [-0.4, -0.2) is 5.78 Å². The molecule has 0 aliphatic heterocycles. The molecule has 0 fully saturated rings. The number of benzene rings is 1. The average molecular weight is 202 g/mol. The molecular formula is C14H18O. The average Bonchev–Trinajstić information content (AvgIpc) is 2.22. The van der Waals surface area contributed by atoms with E-state index in [9.17, 15) is 4.79 Å². The van der Waals surface area contributed by atoms with Crippen LogP contribution in [0.25, 0.3) is 0 Å². The second-order valence-corrected chi connectivity index (χ2v) is 3.88. The van der Waals surface area contributed by atoms with E-state index < -0.39 is 0 Å². The number of rotatable bonds is 6. The molecule has 0 bridgehead atoms. The first kappa shape index (κ1) is 11.7. The van der Waals surface area contributed by atoms with Crippen LogP contribution in [0.5, 0.6) is 0 Å². The highest BCUT2D eigenvalue weighted by Gasteiger charge is 2.02. The fourth-order valence-electron chi connectivity index (χ4n) is 1.47. The minimum atomic E-state index is 0.320. The topological polar surface area (TPSA) is 17.1 Å². The Kier molecular flexibility index (Phi) is 4.82. The van der Waals surface area contributed by atoms with Gasteiger partial charge in [-0.2, -0.15) is 0 Å². The minimum absolute atomic E-state index is 0.320. The predicted molar refractivity (Wildman–Crippen MR) is 63.9 cm³/mol. The Balaban J connectivity index is 2.37. The normalized spacial score (nSPS) is 9.93. The highest BCUT2D eigenvalue weighted by molar-refractivity contribution is 5.80. The lowest BCUT2D eigenvalue weighted by molar-refractivity contribution is -0.118. The van der Waals surface area contributed by atoms with Gasteiger partial charge >= 0.3 is 0 Å². The molecule has 0 saturated heterocycles. The smallest absolute Gasteiger partial charge is 0.137 e. The van der Waals surface area contributed by atoms with Crippen molar-refractivity contribution in [3.8, 4) is 0 Å². The third-order valence-electron chi connectivity index (χ3n) is 2.39. The monoisotopic (exact) mass is 202 g/mol. The van der Waals surface area contributed by atoms with Gasteiger partial charge in [-0.25, -0.2) is 0 Å². The van der Waals surface area contributed by atoms with E-state index in [1.807, 2.05) is 30.3 Å². The lowest BCUT2D eigenvalue weighted by Crippen LogP contribution is -2.02. The van der Waals surface area contributed by atoms with E-state index in [4.69, 9.17) is 0 Å². The predicted octanol–water partition coefficient (Wildman–Crippen LogP) is 3.46. The van der Waals surface area contributed by atoms with E-state index >= 15 is 0 Å². The summed E-state index contributed by atoms with van der Waals surface area (Å²) < 4.78 is 0. The number of hydrogen-bond donors (Lipinski definition) is 0. The van der Waals surface area contributed by atoms with Crippen LogP contribution in [0.3, 0.4) is 0 Å². The number of carbonyl (C=O) groups is 1. The second kappa shape index (κ2) is 6.18. The third kappa shape index (κ3) is 4.59. The van der Waals surface area contributed by atoms with Crippen molar-refractivity contribution in [3.05, 3.63) is 48.0 Å². The number of carbonyl (C=O) groups excluding carboxylic acids is 1. The molecule has 0 amide bonds. The van der Waals surface area contributed by atoms with Crippen molar-refractivity contribution in [2.24, 2.45) is 0 Å². The SMILES string of the molecule is C=CCCCC(=O)Cc1ccc(C)cc1. The van der Waals surface area contributed by atoms with E-state index in [1.54, 1.807) is 0 Å². The first-order valence-electron chi connectivity index (χ1n) is 5.40. The van der Waals surface area contributed by atoms with Gasteiger partial charge in [-0.15, -0.1) is 6.58 Å². The molecular weight excluding hydrogens is 184 g/mol. The van der Waals surface area contributed by atoms with Crippen molar-refractivity contribution in [1.29, 1.82) is 0 Å². The molecule has 1 nitrogen and oxygen atoms in total. The summed E-state index contributed by atoms with van der Waals surface area (Å²) in [6, 6.07) is 8.15. The fourth-order valence-corrected chi connectivity index (χ4v) is 1.47. The molecule has 80 valence electrons. The number of Topliss-reactive ketones (excluding diaryl/α,β-unsaturated/α-hetero) is 1. The van der Waals surface area contributed by atoms with Gasteiger partial charge in [-0.05, 0) is 25.3 Å². The lowest BCUT2D eigenvalue weighted by atomic mass is 10.0. The van der Waals surface area contributed by atoms with E-state index in [0.29, 0.717) is 18.6 Å². The van der Waals surface area contributed by atoms with Crippen molar-refractivity contribution in [2.75, 3.05) is 0 Å². The molecule has 0 unspecified atom stereocenters. The van der Waals surface area contributed by atoms with E-state index in [-0.39, 0.29) is 0 Å². The Bertz CT molecular complexity index is 322. The molecule has 0 radical (unpaired) electrons. The van der Waals surface area contributed by atoms with Gasteiger partial charge in [0.1, 0.15) is 5.78 Å². The summed E-state index contributed by atoms with van der Waals surface area (Å²) in [5, 5.41) is 0. The quantitative estimate of drug-likeness (QED) is 0.510. The summed E-state index contributed by atoms with van der Waals surface area (Å²) in [5.41, 5.74) is 2.35. The Hall–Kier alpha value is -1.37. The van der Waals surface area contributed by atoms with Gasteiger partial charge in [-0.3, -0.25) is 4.79 Å². The van der Waals surface area contributed by atoms with E-state index in [1.165, 1.54) is 5.56 Å². The van der Waals surface area contributed by atoms with Crippen molar-refractivity contribution in [1.82, 2.24) is 0 Å². The van der Waals surface area contributed by atoms with Crippen LogP contribution in [0.1, 0.15) is 30.4 Å². The highest BCUT2D eigenvalue weighted by atomic mass is 16.1. The maximum atomic E-state index is 11.5. The molecule has 1 heteroatoms. The number of unbranched alkanes of at least 4 members (excludes halogenated alkanes) is 1. The number of ketones is 1. The first-order chi connectivity index (χ1) is 7.22. The van der Waals surface area contributed by atoms with Crippen molar-refractivity contribution >= 4 is 5.78 Å². The molecule has 0 spiro atoms. The molecule has 1 aromatic rings. The van der Waals surface area contributed by atoms with Crippen molar-refractivity contribution in [3.63, 3.8) is 0 Å². The summed E-state index contributed by atoms with van der Waals surface area (Å²) in [6.45, 7) is 5.69. The molecule has 1 aromatic carbocycles. The molecule has 0 atom stereocenters.